The van der Waals surface area contributed by atoms with E-state index in [1.807, 2.05) is 0 Å². The zero-order valence-electron chi connectivity index (χ0n) is 10.9. The number of carbonyl (C=O) groups is 3. The third kappa shape index (κ3) is 3.43. The van der Waals surface area contributed by atoms with Gasteiger partial charge in [0.1, 0.15) is 5.69 Å². The van der Waals surface area contributed by atoms with Crippen molar-refractivity contribution in [1.82, 2.24) is 9.88 Å². The Balaban J connectivity index is 1.91. The lowest BCUT2D eigenvalue weighted by Gasteiger charge is -2.05. The van der Waals surface area contributed by atoms with E-state index in [1.165, 1.54) is 17.6 Å². The Bertz CT molecular complexity index is 529. The van der Waals surface area contributed by atoms with Crippen molar-refractivity contribution in [3.63, 3.8) is 0 Å². The van der Waals surface area contributed by atoms with Crippen molar-refractivity contribution in [2.75, 3.05) is 6.61 Å². The maximum Gasteiger partial charge on any atom is 0.355 e. The first-order chi connectivity index (χ1) is 8.97. The van der Waals surface area contributed by atoms with Crippen molar-refractivity contribution >= 4 is 17.7 Å². The fraction of sp³-hybridized carbons (Fsp3) is 0.462. The van der Waals surface area contributed by atoms with Gasteiger partial charge < -0.3 is 14.6 Å². The van der Waals surface area contributed by atoms with E-state index in [-0.39, 0.29) is 30.0 Å². The monoisotopic (exact) mass is 264 g/mol. The predicted octanol–water partition coefficient (Wildman–Crippen LogP) is 0.663. The van der Waals surface area contributed by atoms with Gasteiger partial charge >= 0.3 is 5.97 Å². The molecule has 1 fully saturated rings. The van der Waals surface area contributed by atoms with Crippen LogP contribution in [0.4, 0.5) is 0 Å². The van der Waals surface area contributed by atoms with Gasteiger partial charge in [-0.25, -0.2) is 4.79 Å². The molecular weight excluding hydrogens is 248 g/mol. The largest absolute Gasteiger partial charge is 0.451 e. The van der Waals surface area contributed by atoms with Crippen molar-refractivity contribution < 1.29 is 19.1 Å². The first-order valence-corrected chi connectivity index (χ1v) is 6.11. The van der Waals surface area contributed by atoms with Gasteiger partial charge in [0.2, 0.25) is 0 Å². The summed E-state index contributed by atoms with van der Waals surface area (Å²) in [7, 11) is 1.65. The predicted molar refractivity (Wildman–Crippen MR) is 66.9 cm³/mol. The van der Waals surface area contributed by atoms with Crippen molar-refractivity contribution in [2.24, 2.45) is 7.05 Å². The fourth-order valence-corrected chi connectivity index (χ4v) is 1.66. The zero-order valence-corrected chi connectivity index (χ0v) is 10.9. The number of esters is 1. The second kappa shape index (κ2) is 5.26. The molecule has 1 aromatic rings. The number of nitrogens with zero attached hydrogens (tertiary/aromatic N) is 1. The molecule has 0 radical (unpaired) electrons. The average Bonchev–Trinajstić information content (AvgIpc) is 3.06. The molecule has 1 saturated carbocycles. The van der Waals surface area contributed by atoms with Crippen LogP contribution in [0.15, 0.2) is 12.3 Å². The Morgan fingerprint density at radius 1 is 1.42 bits per heavy atom. The minimum absolute atomic E-state index is 0.124. The summed E-state index contributed by atoms with van der Waals surface area (Å²) in [5, 5.41) is 2.72. The standard InChI is InChI=1S/C13H16N2O4/c1-8(16)9-5-11(15(2)6-9)13(18)19-7-12(17)14-10-3-4-10/h5-6,10H,3-4,7H2,1-2H3,(H,14,17). The summed E-state index contributed by atoms with van der Waals surface area (Å²) in [6.07, 6.45) is 3.53. The number of hydrogen-bond acceptors (Lipinski definition) is 4. The maximum absolute atomic E-state index is 11.8. The van der Waals surface area contributed by atoms with E-state index in [0.29, 0.717) is 5.56 Å². The summed E-state index contributed by atoms with van der Waals surface area (Å²) in [6, 6.07) is 1.70. The third-order valence-electron chi connectivity index (χ3n) is 2.90. The summed E-state index contributed by atoms with van der Waals surface area (Å²) in [6.45, 7) is 1.13. The molecule has 1 aliphatic carbocycles. The van der Waals surface area contributed by atoms with Crippen LogP contribution in [-0.4, -0.2) is 34.9 Å². The lowest BCUT2D eigenvalue weighted by Crippen LogP contribution is -2.30. The number of hydrogen-bond donors (Lipinski definition) is 1. The number of aromatic nitrogens is 1. The molecule has 0 unspecified atom stereocenters. The molecule has 6 heteroatoms. The highest BCUT2D eigenvalue weighted by Crippen LogP contribution is 2.18. The Hall–Kier alpha value is -2.11. The molecule has 1 heterocycles. The van der Waals surface area contributed by atoms with E-state index in [4.69, 9.17) is 4.74 Å². The van der Waals surface area contributed by atoms with Crippen LogP contribution in [0, 0.1) is 0 Å². The highest BCUT2D eigenvalue weighted by Gasteiger charge is 2.24. The van der Waals surface area contributed by atoms with Gasteiger partial charge in [0.05, 0.1) is 0 Å². The second-order valence-electron chi connectivity index (χ2n) is 4.70. The molecule has 1 aliphatic rings. The van der Waals surface area contributed by atoms with E-state index in [2.05, 4.69) is 5.32 Å². The molecule has 0 spiro atoms. The molecule has 0 atom stereocenters. The third-order valence-corrected chi connectivity index (χ3v) is 2.90. The van der Waals surface area contributed by atoms with Crippen LogP contribution in [0.3, 0.4) is 0 Å². The fourth-order valence-electron chi connectivity index (χ4n) is 1.66. The average molecular weight is 264 g/mol. The number of Topliss-reactive ketones (excluding diaryl/α,β-unsaturated/α-hetero) is 1. The van der Waals surface area contributed by atoms with Gasteiger partial charge in [-0.05, 0) is 25.8 Å². The Morgan fingerprint density at radius 2 is 2.11 bits per heavy atom. The number of nitrogens with one attached hydrogen (secondary N) is 1. The van der Waals surface area contributed by atoms with E-state index < -0.39 is 5.97 Å². The molecule has 6 nitrogen and oxygen atoms in total. The normalized spacial score (nSPS) is 14.0. The van der Waals surface area contributed by atoms with Crippen molar-refractivity contribution in [2.45, 2.75) is 25.8 Å². The molecule has 1 N–H and O–H groups in total. The number of rotatable bonds is 5. The first-order valence-electron chi connectivity index (χ1n) is 6.11. The number of ether oxygens (including phenoxy) is 1. The lowest BCUT2D eigenvalue weighted by molar-refractivity contribution is -0.124. The minimum atomic E-state index is -0.610. The Kier molecular flexibility index (Phi) is 3.69. The molecule has 0 aliphatic heterocycles. The smallest absolute Gasteiger partial charge is 0.355 e. The Labute approximate surface area is 110 Å². The SMILES string of the molecule is CC(=O)c1cc(C(=O)OCC(=O)NC2CC2)n(C)c1. The molecule has 19 heavy (non-hydrogen) atoms. The summed E-state index contributed by atoms with van der Waals surface area (Å²) in [5.41, 5.74) is 0.696. The van der Waals surface area contributed by atoms with Crippen LogP contribution < -0.4 is 5.32 Å². The molecule has 0 aromatic carbocycles. The van der Waals surface area contributed by atoms with E-state index in [9.17, 15) is 14.4 Å². The summed E-state index contributed by atoms with van der Waals surface area (Å²) in [5.74, 6) is -1.03. The summed E-state index contributed by atoms with van der Waals surface area (Å²) >= 11 is 0. The quantitative estimate of drug-likeness (QED) is 0.626. The zero-order chi connectivity index (χ0) is 14.0. The van der Waals surface area contributed by atoms with Crippen LogP contribution in [0.1, 0.15) is 40.6 Å². The van der Waals surface area contributed by atoms with Crippen molar-refractivity contribution in [1.29, 1.82) is 0 Å². The molecule has 102 valence electrons. The van der Waals surface area contributed by atoms with Gasteiger partial charge in [-0.1, -0.05) is 0 Å². The van der Waals surface area contributed by atoms with Crippen molar-refractivity contribution in [3.05, 3.63) is 23.5 Å². The molecular formula is C13H16N2O4. The van der Waals surface area contributed by atoms with Gasteiger partial charge in [0.15, 0.2) is 12.4 Å². The molecule has 1 aromatic heterocycles. The highest BCUT2D eigenvalue weighted by atomic mass is 16.5. The van der Waals surface area contributed by atoms with E-state index >= 15 is 0 Å². The highest BCUT2D eigenvalue weighted by molar-refractivity contribution is 5.98. The van der Waals surface area contributed by atoms with Crippen LogP contribution in [0.25, 0.3) is 0 Å². The van der Waals surface area contributed by atoms with Crippen LogP contribution in [0.2, 0.25) is 0 Å². The number of amides is 1. The van der Waals surface area contributed by atoms with E-state index in [0.717, 1.165) is 12.8 Å². The number of carbonyl (C=O) groups excluding carboxylic acids is 3. The van der Waals surface area contributed by atoms with Crippen LogP contribution in [-0.2, 0) is 16.6 Å². The van der Waals surface area contributed by atoms with Gasteiger partial charge in [-0.15, -0.1) is 0 Å². The van der Waals surface area contributed by atoms with E-state index in [1.54, 1.807) is 13.2 Å². The second-order valence-corrected chi connectivity index (χ2v) is 4.70. The summed E-state index contributed by atoms with van der Waals surface area (Å²) < 4.78 is 6.42. The molecule has 1 amide bonds. The van der Waals surface area contributed by atoms with Crippen molar-refractivity contribution in [3.8, 4) is 0 Å². The molecule has 0 bridgehead atoms. The lowest BCUT2D eigenvalue weighted by atomic mass is 10.2. The number of aryl methyl sites for hydroxylation is 1. The van der Waals surface area contributed by atoms with Crippen LogP contribution in [0.5, 0.6) is 0 Å². The van der Waals surface area contributed by atoms with Gasteiger partial charge in [0.25, 0.3) is 5.91 Å². The van der Waals surface area contributed by atoms with Gasteiger partial charge in [-0.3, -0.25) is 9.59 Å². The topological polar surface area (TPSA) is 77.4 Å². The summed E-state index contributed by atoms with van der Waals surface area (Å²) in [4.78, 5) is 34.3. The van der Waals surface area contributed by atoms with Gasteiger partial charge in [-0.2, -0.15) is 0 Å². The number of ketones is 1. The molecule has 2 rings (SSSR count). The maximum atomic E-state index is 11.8. The van der Waals surface area contributed by atoms with Gasteiger partial charge in [0, 0.05) is 24.8 Å². The minimum Gasteiger partial charge on any atom is -0.451 e. The van der Waals surface area contributed by atoms with Crippen LogP contribution >= 0.6 is 0 Å². The Morgan fingerprint density at radius 3 is 2.63 bits per heavy atom. The first kappa shape index (κ1) is 13.3. The molecule has 0 saturated heterocycles.